The number of rotatable bonds is 4. The minimum Gasteiger partial charge on any atom is -0.423 e. The van der Waals surface area contributed by atoms with Gasteiger partial charge < -0.3 is 10.1 Å². The second-order valence-corrected chi connectivity index (χ2v) is 7.23. The number of ether oxygens (including phenoxy) is 1. The Bertz CT molecular complexity index is 771. The van der Waals surface area contributed by atoms with Gasteiger partial charge in [-0.2, -0.15) is 0 Å². The van der Waals surface area contributed by atoms with E-state index in [0.29, 0.717) is 17.9 Å². The Balaban J connectivity index is 2.08. The first kappa shape index (κ1) is 18.7. The van der Waals surface area contributed by atoms with E-state index in [1.54, 1.807) is 12.1 Å². The lowest BCUT2D eigenvalue weighted by Gasteiger charge is -2.20. The quantitative estimate of drug-likeness (QED) is 0.672. The van der Waals surface area contributed by atoms with Gasteiger partial charge in [0.1, 0.15) is 5.75 Å². The van der Waals surface area contributed by atoms with Gasteiger partial charge in [-0.15, -0.1) is 0 Å². The summed E-state index contributed by atoms with van der Waals surface area (Å²) in [7, 11) is 0. The van der Waals surface area contributed by atoms with Crippen LogP contribution in [-0.2, 0) is 16.8 Å². The van der Waals surface area contributed by atoms with Crippen LogP contribution in [0.15, 0.2) is 42.5 Å². The number of hydrogen-bond donors (Lipinski definition) is 1. The number of carbonyl (C=O) groups excluding carboxylic acids is 2. The van der Waals surface area contributed by atoms with E-state index in [1.807, 2.05) is 31.2 Å². The third kappa shape index (κ3) is 5.18. The van der Waals surface area contributed by atoms with Crippen molar-refractivity contribution in [1.82, 2.24) is 5.32 Å². The Morgan fingerprint density at radius 3 is 2.20 bits per heavy atom. The number of hydrogen-bond acceptors (Lipinski definition) is 3. The van der Waals surface area contributed by atoms with Crippen molar-refractivity contribution >= 4 is 11.9 Å². The smallest absolute Gasteiger partial charge is 0.343 e. The molecule has 0 saturated carbocycles. The molecule has 0 aliphatic rings. The van der Waals surface area contributed by atoms with Gasteiger partial charge in [-0.3, -0.25) is 4.79 Å². The highest BCUT2D eigenvalue weighted by Crippen LogP contribution is 2.28. The Hall–Kier alpha value is -2.62. The van der Waals surface area contributed by atoms with E-state index >= 15 is 0 Å². The van der Waals surface area contributed by atoms with Gasteiger partial charge in [0.05, 0.1) is 5.56 Å². The molecule has 2 rings (SSSR count). The topological polar surface area (TPSA) is 55.4 Å². The summed E-state index contributed by atoms with van der Waals surface area (Å²) in [4.78, 5) is 23.3. The average Bonchev–Trinajstić information content (AvgIpc) is 2.54. The van der Waals surface area contributed by atoms with Gasteiger partial charge >= 0.3 is 5.97 Å². The molecular formula is C21H25NO3. The van der Waals surface area contributed by atoms with Crippen LogP contribution in [0.5, 0.6) is 5.75 Å². The zero-order valence-corrected chi connectivity index (χ0v) is 15.5. The van der Waals surface area contributed by atoms with Crippen LogP contribution in [0.25, 0.3) is 0 Å². The maximum atomic E-state index is 12.3. The molecule has 0 atom stereocenters. The fourth-order valence-electron chi connectivity index (χ4n) is 2.37. The standard InChI is InChI=1S/C21H25NO3/c1-14-12-18(21(3,4)5)10-11-19(14)25-20(24)17-8-6-16(7-9-17)13-22-15(2)23/h6-12H,13H2,1-5H3,(H,22,23). The van der Waals surface area contributed by atoms with Crippen molar-refractivity contribution in [2.45, 2.75) is 46.6 Å². The summed E-state index contributed by atoms with van der Waals surface area (Å²) in [6, 6.07) is 12.9. The van der Waals surface area contributed by atoms with Crippen LogP contribution in [0.2, 0.25) is 0 Å². The van der Waals surface area contributed by atoms with E-state index in [2.05, 4.69) is 32.2 Å². The zero-order valence-electron chi connectivity index (χ0n) is 15.5. The molecule has 0 aromatic heterocycles. The molecular weight excluding hydrogens is 314 g/mol. The summed E-state index contributed by atoms with van der Waals surface area (Å²) in [6.07, 6.45) is 0. The summed E-state index contributed by atoms with van der Waals surface area (Å²) in [5.74, 6) is 0.0932. The summed E-state index contributed by atoms with van der Waals surface area (Å²) >= 11 is 0. The number of esters is 1. The van der Waals surface area contributed by atoms with Crippen molar-refractivity contribution in [3.05, 3.63) is 64.7 Å². The lowest BCUT2D eigenvalue weighted by Crippen LogP contribution is -2.19. The van der Waals surface area contributed by atoms with Gasteiger partial charge in [-0.1, -0.05) is 45.0 Å². The average molecular weight is 339 g/mol. The zero-order chi connectivity index (χ0) is 18.6. The summed E-state index contributed by atoms with van der Waals surface area (Å²) in [5.41, 5.74) is 3.59. The van der Waals surface area contributed by atoms with Crippen LogP contribution in [-0.4, -0.2) is 11.9 Å². The Morgan fingerprint density at radius 2 is 1.68 bits per heavy atom. The van der Waals surface area contributed by atoms with Crippen LogP contribution in [0.3, 0.4) is 0 Å². The van der Waals surface area contributed by atoms with E-state index < -0.39 is 5.97 Å². The predicted molar refractivity (Wildman–Crippen MR) is 98.8 cm³/mol. The molecule has 0 heterocycles. The van der Waals surface area contributed by atoms with Gasteiger partial charge in [0, 0.05) is 13.5 Å². The van der Waals surface area contributed by atoms with Crippen molar-refractivity contribution in [1.29, 1.82) is 0 Å². The molecule has 2 aromatic carbocycles. The second-order valence-electron chi connectivity index (χ2n) is 7.23. The first-order valence-electron chi connectivity index (χ1n) is 8.33. The largest absolute Gasteiger partial charge is 0.423 e. The highest BCUT2D eigenvalue weighted by atomic mass is 16.5. The fourth-order valence-corrected chi connectivity index (χ4v) is 2.37. The number of benzene rings is 2. The molecule has 0 radical (unpaired) electrons. The summed E-state index contributed by atoms with van der Waals surface area (Å²) < 4.78 is 5.53. The molecule has 0 unspecified atom stereocenters. The fraction of sp³-hybridized carbons (Fsp3) is 0.333. The SMILES string of the molecule is CC(=O)NCc1ccc(C(=O)Oc2ccc(C(C)(C)C)cc2C)cc1. The first-order chi connectivity index (χ1) is 11.7. The molecule has 0 aliphatic carbocycles. The highest BCUT2D eigenvalue weighted by molar-refractivity contribution is 5.91. The lowest BCUT2D eigenvalue weighted by atomic mass is 9.86. The third-order valence-corrected chi connectivity index (χ3v) is 3.97. The maximum absolute atomic E-state index is 12.3. The van der Waals surface area contributed by atoms with Crippen LogP contribution in [0.1, 0.15) is 54.7 Å². The van der Waals surface area contributed by atoms with Crippen molar-refractivity contribution in [3.63, 3.8) is 0 Å². The Kier molecular flexibility index (Phi) is 5.62. The number of carbonyl (C=O) groups is 2. The van der Waals surface area contributed by atoms with E-state index in [-0.39, 0.29) is 11.3 Å². The van der Waals surface area contributed by atoms with E-state index in [0.717, 1.165) is 11.1 Å². The van der Waals surface area contributed by atoms with Gasteiger partial charge in [0.15, 0.2) is 0 Å². The van der Waals surface area contributed by atoms with Crippen molar-refractivity contribution < 1.29 is 14.3 Å². The molecule has 0 bridgehead atoms. The number of aryl methyl sites for hydroxylation is 1. The van der Waals surface area contributed by atoms with Crippen LogP contribution in [0, 0.1) is 6.92 Å². The van der Waals surface area contributed by atoms with Crippen LogP contribution >= 0.6 is 0 Å². The van der Waals surface area contributed by atoms with Crippen molar-refractivity contribution in [2.24, 2.45) is 0 Å². The van der Waals surface area contributed by atoms with E-state index in [4.69, 9.17) is 4.74 Å². The molecule has 0 spiro atoms. The first-order valence-corrected chi connectivity index (χ1v) is 8.33. The molecule has 4 heteroatoms. The van der Waals surface area contributed by atoms with Gasteiger partial charge in [0.25, 0.3) is 0 Å². The normalized spacial score (nSPS) is 11.1. The molecule has 2 aromatic rings. The van der Waals surface area contributed by atoms with Gasteiger partial charge in [-0.05, 0) is 47.2 Å². The Labute approximate surface area is 149 Å². The number of nitrogens with one attached hydrogen (secondary N) is 1. The monoisotopic (exact) mass is 339 g/mol. The molecule has 0 saturated heterocycles. The minimum atomic E-state index is -0.391. The lowest BCUT2D eigenvalue weighted by molar-refractivity contribution is -0.119. The molecule has 4 nitrogen and oxygen atoms in total. The maximum Gasteiger partial charge on any atom is 0.343 e. The molecule has 132 valence electrons. The molecule has 25 heavy (non-hydrogen) atoms. The minimum absolute atomic E-state index is 0.0526. The van der Waals surface area contributed by atoms with Gasteiger partial charge in [0.2, 0.25) is 5.91 Å². The summed E-state index contributed by atoms with van der Waals surface area (Å²) in [5, 5.41) is 2.72. The highest BCUT2D eigenvalue weighted by Gasteiger charge is 2.16. The molecule has 1 N–H and O–H groups in total. The van der Waals surface area contributed by atoms with Crippen molar-refractivity contribution in [3.8, 4) is 5.75 Å². The Morgan fingerprint density at radius 1 is 1.04 bits per heavy atom. The molecule has 0 aliphatic heterocycles. The van der Waals surface area contributed by atoms with Crippen molar-refractivity contribution in [2.75, 3.05) is 0 Å². The summed E-state index contributed by atoms with van der Waals surface area (Å²) in [6.45, 7) is 10.3. The molecule has 1 amide bonds. The van der Waals surface area contributed by atoms with Gasteiger partial charge in [-0.25, -0.2) is 4.79 Å². The third-order valence-electron chi connectivity index (χ3n) is 3.97. The second kappa shape index (κ2) is 7.51. The van der Waals surface area contributed by atoms with Crippen LogP contribution < -0.4 is 10.1 Å². The predicted octanol–water partition coefficient (Wildman–Crippen LogP) is 4.15. The molecule has 0 fully saturated rings. The number of amides is 1. The van der Waals surface area contributed by atoms with E-state index in [9.17, 15) is 9.59 Å². The van der Waals surface area contributed by atoms with Crippen LogP contribution in [0.4, 0.5) is 0 Å². The van der Waals surface area contributed by atoms with E-state index in [1.165, 1.54) is 12.5 Å².